The van der Waals surface area contributed by atoms with Gasteiger partial charge in [0, 0.05) is 11.3 Å². The zero-order valence-electron chi connectivity index (χ0n) is 13.4. The summed E-state index contributed by atoms with van der Waals surface area (Å²) in [5.41, 5.74) is 3.54. The van der Waals surface area contributed by atoms with Crippen LogP contribution in [0, 0.1) is 27.7 Å². The van der Waals surface area contributed by atoms with Crippen molar-refractivity contribution in [2.24, 2.45) is 0 Å². The predicted molar refractivity (Wildman–Crippen MR) is 77.2 cm³/mol. The van der Waals surface area contributed by atoms with Crippen molar-refractivity contribution in [1.82, 2.24) is 14.8 Å². The van der Waals surface area contributed by atoms with Gasteiger partial charge in [0.05, 0.1) is 24.4 Å². The third-order valence-corrected chi connectivity index (χ3v) is 3.78. The standard InChI is InChI=1S/C15H21N3O3/c1-8(15(19)20-6)14-10(3)17-18(11(14)4)7-13-16-9(2)12(5)21-13/h8H,7H2,1-6H3. The number of aromatic nitrogens is 3. The largest absolute Gasteiger partial charge is 0.469 e. The van der Waals surface area contributed by atoms with Gasteiger partial charge in [-0.3, -0.25) is 9.48 Å². The van der Waals surface area contributed by atoms with Gasteiger partial charge in [0.1, 0.15) is 12.3 Å². The van der Waals surface area contributed by atoms with Crippen LogP contribution >= 0.6 is 0 Å². The summed E-state index contributed by atoms with van der Waals surface area (Å²) >= 11 is 0. The molecule has 6 heteroatoms. The van der Waals surface area contributed by atoms with Gasteiger partial charge in [-0.1, -0.05) is 0 Å². The first-order valence-electron chi connectivity index (χ1n) is 6.89. The zero-order valence-corrected chi connectivity index (χ0v) is 13.4. The van der Waals surface area contributed by atoms with Crippen molar-refractivity contribution >= 4 is 5.97 Å². The average Bonchev–Trinajstić information content (AvgIpc) is 2.89. The summed E-state index contributed by atoms with van der Waals surface area (Å²) in [4.78, 5) is 16.1. The number of ether oxygens (including phenoxy) is 1. The Bertz CT molecular complexity index is 651. The number of nitrogens with zero attached hydrogens (tertiary/aromatic N) is 3. The summed E-state index contributed by atoms with van der Waals surface area (Å²) in [5, 5.41) is 4.49. The van der Waals surface area contributed by atoms with Crippen LogP contribution in [0.25, 0.3) is 0 Å². The lowest BCUT2D eigenvalue weighted by atomic mass is 9.99. The van der Waals surface area contributed by atoms with Crippen LogP contribution < -0.4 is 0 Å². The van der Waals surface area contributed by atoms with E-state index in [4.69, 9.17) is 9.15 Å². The number of hydrogen-bond donors (Lipinski definition) is 0. The molecule has 1 atom stereocenters. The average molecular weight is 291 g/mol. The monoisotopic (exact) mass is 291 g/mol. The predicted octanol–water partition coefficient (Wildman–Crippen LogP) is 2.43. The lowest BCUT2D eigenvalue weighted by Crippen LogP contribution is -2.13. The van der Waals surface area contributed by atoms with E-state index in [9.17, 15) is 4.79 Å². The summed E-state index contributed by atoms with van der Waals surface area (Å²) in [6.07, 6.45) is 0. The molecule has 0 N–H and O–H groups in total. The van der Waals surface area contributed by atoms with Gasteiger partial charge in [0.15, 0.2) is 0 Å². The first-order chi connectivity index (χ1) is 9.85. The van der Waals surface area contributed by atoms with E-state index in [1.807, 2.05) is 39.3 Å². The second-order valence-corrected chi connectivity index (χ2v) is 5.24. The number of carbonyl (C=O) groups is 1. The van der Waals surface area contributed by atoms with Crippen LogP contribution in [0.15, 0.2) is 4.42 Å². The molecule has 0 radical (unpaired) electrons. The molecule has 2 rings (SSSR count). The number of aryl methyl sites for hydroxylation is 3. The second kappa shape index (κ2) is 5.71. The summed E-state index contributed by atoms with van der Waals surface area (Å²) in [6, 6.07) is 0. The first kappa shape index (κ1) is 15.3. The summed E-state index contributed by atoms with van der Waals surface area (Å²) < 4.78 is 12.2. The fourth-order valence-electron chi connectivity index (χ4n) is 2.52. The van der Waals surface area contributed by atoms with E-state index in [2.05, 4.69) is 10.1 Å². The molecule has 2 heterocycles. The molecule has 0 aromatic carbocycles. The minimum atomic E-state index is -0.336. The molecule has 0 saturated carbocycles. The first-order valence-corrected chi connectivity index (χ1v) is 6.89. The van der Waals surface area contributed by atoms with Crippen LogP contribution in [-0.4, -0.2) is 27.8 Å². The van der Waals surface area contributed by atoms with E-state index in [1.165, 1.54) is 7.11 Å². The van der Waals surface area contributed by atoms with Crippen LogP contribution in [0.4, 0.5) is 0 Å². The Labute approximate surface area is 124 Å². The Hall–Kier alpha value is -2.11. The van der Waals surface area contributed by atoms with E-state index in [1.54, 1.807) is 0 Å². The Morgan fingerprint density at radius 1 is 1.29 bits per heavy atom. The van der Waals surface area contributed by atoms with E-state index in [-0.39, 0.29) is 11.9 Å². The van der Waals surface area contributed by atoms with Gasteiger partial charge < -0.3 is 9.15 Å². The van der Waals surface area contributed by atoms with Crippen LogP contribution in [-0.2, 0) is 16.1 Å². The highest BCUT2D eigenvalue weighted by molar-refractivity contribution is 5.78. The normalized spacial score (nSPS) is 12.5. The molecule has 0 fully saturated rings. The van der Waals surface area contributed by atoms with Gasteiger partial charge in [-0.05, 0) is 34.6 Å². The van der Waals surface area contributed by atoms with Crippen molar-refractivity contribution in [3.63, 3.8) is 0 Å². The fraction of sp³-hybridized carbons (Fsp3) is 0.533. The molecule has 0 aliphatic rings. The second-order valence-electron chi connectivity index (χ2n) is 5.24. The van der Waals surface area contributed by atoms with Crippen molar-refractivity contribution in [2.45, 2.75) is 47.1 Å². The molecule has 2 aromatic rings. The molecular weight excluding hydrogens is 270 g/mol. The minimum absolute atomic E-state index is 0.261. The quantitative estimate of drug-likeness (QED) is 0.809. The minimum Gasteiger partial charge on any atom is -0.469 e. The highest BCUT2D eigenvalue weighted by Gasteiger charge is 2.24. The molecule has 0 aliphatic heterocycles. The Kier molecular flexibility index (Phi) is 4.16. The summed E-state index contributed by atoms with van der Waals surface area (Å²) in [6.45, 7) is 9.91. The molecule has 114 valence electrons. The highest BCUT2D eigenvalue weighted by atomic mass is 16.5. The number of hydrogen-bond acceptors (Lipinski definition) is 5. The van der Waals surface area contributed by atoms with Gasteiger partial charge in [0.25, 0.3) is 0 Å². The third-order valence-electron chi connectivity index (χ3n) is 3.78. The van der Waals surface area contributed by atoms with Gasteiger partial charge in [0.2, 0.25) is 5.89 Å². The Morgan fingerprint density at radius 2 is 1.95 bits per heavy atom. The summed E-state index contributed by atoms with van der Waals surface area (Å²) in [5.74, 6) is 0.836. The third kappa shape index (κ3) is 2.84. The molecular formula is C15H21N3O3. The van der Waals surface area contributed by atoms with Crippen LogP contribution in [0.3, 0.4) is 0 Å². The van der Waals surface area contributed by atoms with Crippen molar-refractivity contribution in [1.29, 1.82) is 0 Å². The molecule has 0 aliphatic carbocycles. The molecule has 0 saturated heterocycles. The highest BCUT2D eigenvalue weighted by Crippen LogP contribution is 2.25. The van der Waals surface area contributed by atoms with Crippen molar-refractivity contribution in [2.75, 3.05) is 7.11 Å². The van der Waals surface area contributed by atoms with Gasteiger partial charge in [-0.15, -0.1) is 0 Å². The lowest BCUT2D eigenvalue weighted by Gasteiger charge is -2.10. The van der Waals surface area contributed by atoms with Crippen LogP contribution in [0.5, 0.6) is 0 Å². The number of carbonyl (C=O) groups excluding carboxylic acids is 1. The maximum absolute atomic E-state index is 11.7. The van der Waals surface area contributed by atoms with Gasteiger partial charge >= 0.3 is 5.97 Å². The number of methoxy groups -OCH3 is 1. The van der Waals surface area contributed by atoms with E-state index >= 15 is 0 Å². The van der Waals surface area contributed by atoms with E-state index in [0.29, 0.717) is 12.4 Å². The van der Waals surface area contributed by atoms with Crippen molar-refractivity contribution < 1.29 is 13.9 Å². The number of rotatable bonds is 4. The van der Waals surface area contributed by atoms with Crippen LogP contribution in [0.2, 0.25) is 0 Å². The molecule has 2 aromatic heterocycles. The van der Waals surface area contributed by atoms with Crippen molar-refractivity contribution in [3.8, 4) is 0 Å². The Morgan fingerprint density at radius 3 is 2.48 bits per heavy atom. The van der Waals surface area contributed by atoms with Crippen LogP contribution in [0.1, 0.15) is 47.1 Å². The summed E-state index contributed by atoms with van der Waals surface area (Å²) in [7, 11) is 1.40. The van der Waals surface area contributed by atoms with Crippen molar-refractivity contribution in [3.05, 3.63) is 34.3 Å². The maximum Gasteiger partial charge on any atom is 0.312 e. The molecule has 21 heavy (non-hydrogen) atoms. The molecule has 6 nitrogen and oxygen atoms in total. The lowest BCUT2D eigenvalue weighted by molar-refractivity contribution is -0.142. The van der Waals surface area contributed by atoms with E-state index < -0.39 is 0 Å². The van der Waals surface area contributed by atoms with Gasteiger partial charge in [-0.25, -0.2) is 4.98 Å². The molecule has 0 spiro atoms. The number of oxazole rings is 1. The smallest absolute Gasteiger partial charge is 0.312 e. The maximum atomic E-state index is 11.7. The Balaban J connectivity index is 2.32. The van der Waals surface area contributed by atoms with Gasteiger partial charge in [-0.2, -0.15) is 5.10 Å². The number of esters is 1. The fourth-order valence-corrected chi connectivity index (χ4v) is 2.52. The molecule has 0 bridgehead atoms. The van der Waals surface area contributed by atoms with E-state index in [0.717, 1.165) is 28.4 Å². The topological polar surface area (TPSA) is 70.2 Å². The SMILES string of the molecule is COC(=O)C(C)c1c(C)nn(Cc2nc(C)c(C)o2)c1C. The zero-order chi connectivity index (χ0) is 15.7. The molecule has 0 amide bonds. The molecule has 1 unspecified atom stereocenters.